The SMILES string of the molecule is CCS(=O)(=O)c1c(-c2nc3cc(C(F)(F)F)cnc3n2C)nn2cc(C3(C#N)CC3)ccc12. The number of fused-ring (bicyclic) bond motifs is 2. The highest BCUT2D eigenvalue weighted by Crippen LogP contribution is 2.47. The second kappa shape index (κ2) is 6.77. The van der Waals surface area contributed by atoms with Gasteiger partial charge >= 0.3 is 6.18 Å². The Bertz CT molecular complexity index is 1590. The van der Waals surface area contributed by atoms with Crippen LogP contribution in [0.2, 0.25) is 0 Å². The highest BCUT2D eigenvalue weighted by molar-refractivity contribution is 7.91. The fourth-order valence-corrected chi connectivity index (χ4v) is 5.14. The van der Waals surface area contributed by atoms with Gasteiger partial charge in [-0.25, -0.2) is 22.9 Å². The lowest BCUT2D eigenvalue weighted by atomic mass is 10.00. The van der Waals surface area contributed by atoms with Crippen LogP contribution in [0, 0.1) is 11.3 Å². The average Bonchev–Trinajstić information content (AvgIpc) is 3.38. The normalized spacial score (nSPS) is 15.8. The van der Waals surface area contributed by atoms with Gasteiger partial charge in [-0.2, -0.15) is 23.5 Å². The van der Waals surface area contributed by atoms with Crippen molar-refractivity contribution in [3.8, 4) is 17.6 Å². The molecule has 4 aromatic rings. The van der Waals surface area contributed by atoms with Crippen LogP contribution in [-0.4, -0.2) is 38.3 Å². The van der Waals surface area contributed by atoms with Crippen LogP contribution < -0.4 is 0 Å². The lowest BCUT2D eigenvalue weighted by Gasteiger charge is -2.07. The van der Waals surface area contributed by atoms with Crippen LogP contribution in [0.4, 0.5) is 13.2 Å². The Morgan fingerprint density at radius 3 is 2.61 bits per heavy atom. The molecule has 0 spiro atoms. The number of pyridine rings is 2. The Morgan fingerprint density at radius 1 is 1.27 bits per heavy atom. The summed E-state index contributed by atoms with van der Waals surface area (Å²) >= 11 is 0. The van der Waals surface area contributed by atoms with Gasteiger partial charge in [-0.05, 0) is 30.5 Å². The topological polar surface area (TPSA) is 106 Å². The van der Waals surface area contributed by atoms with E-state index < -0.39 is 27.0 Å². The molecule has 12 heteroatoms. The summed E-state index contributed by atoms with van der Waals surface area (Å²) in [5.74, 6) is -0.124. The Hall–Kier alpha value is -3.46. The molecule has 1 saturated carbocycles. The Balaban J connectivity index is 1.78. The van der Waals surface area contributed by atoms with Crippen molar-refractivity contribution in [3.05, 3.63) is 41.7 Å². The minimum Gasteiger partial charge on any atom is -0.310 e. The zero-order valence-electron chi connectivity index (χ0n) is 17.5. The summed E-state index contributed by atoms with van der Waals surface area (Å²) in [6.07, 6.45) is -0.826. The number of imidazole rings is 1. The Labute approximate surface area is 186 Å². The van der Waals surface area contributed by atoms with E-state index in [0.29, 0.717) is 24.6 Å². The quantitative estimate of drug-likeness (QED) is 0.447. The van der Waals surface area contributed by atoms with Gasteiger partial charge in [-0.3, -0.25) is 0 Å². The average molecular weight is 474 g/mol. The third-order valence-corrected chi connectivity index (χ3v) is 7.82. The van der Waals surface area contributed by atoms with E-state index in [1.165, 1.54) is 23.1 Å². The van der Waals surface area contributed by atoms with E-state index >= 15 is 0 Å². The van der Waals surface area contributed by atoms with Crippen molar-refractivity contribution in [2.75, 3.05) is 5.75 Å². The Kier molecular flexibility index (Phi) is 4.39. The summed E-state index contributed by atoms with van der Waals surface area (Å²) < 4.78 is 68.3. The number of nitrogens with zero attached hydrogens (tertiary/aromatic N) is 6. The third-order valence-electron chi connectivity index (χ3n) is 6.04. The van der Waals surface area contributed by atoms with Gasteiger partial charge in [0.15, 0.2) is 21.3 Å². The molecule has 0 aliphatic heterocycles. The van der Waals surface area contributed by atoms with Crippen molar-refractivity contribution >= 4 is 26.5 Å². The molecule has 5 rings (SSSR count). The van der Waals surface area contributed by atoms with E-state index in [2.05, 4.69) is 21.1 Å². The van der Waals surface area contributed by atoms with Crippen molar-refractivity contribution in [3.63, 3.8) is 0 Å². The number of sulfone groups is 1. The zero-order valence-corrected chi connectivity index (χ0v) is 18.4. The summed E-state index contributed by atoms with van der Waals surface area (Å²) in [6.45, 7) is 1.50. The van der Waals surface area contributed by atoms with Crippen molar-refractivity contribution in [2.24, 2.45) is 7.05 Å². The number of hydrogen-bond acceptors (Lipinski definition) is 6. The molecule has 170 valence electrons. The van der Waals surface area contributed by atoms with Gasteiger partial charge in [0.1, 0.15) is 16.1 Å². The second-order valence-corrected chi connectivity index (χ2v) is 10.3. The van der Waals surface area contributed by atoms with E-state index in [1.54, 1.807) is 18.3 Å². The van der Waals surface area contributed by atoms with E-state index in [4.69, 9.17) is 0 Å². The van der Waals surface area contributed by atoms with E-state index in [9.17, 15) is 26.9 Å². The molecule has 4 aromatic heterocycles. The molecule has 8 nitrogen and oxygen atoms in total. The second-order valence-electron chi connectivity index (χ2n) is 8.08. The molecular formula is C21H17F3N6O2S. The van der Waals surface area contributed by atoms with Gasteiger partial charge in [0.25, 0.3) is 0 Å². The van der Waals surface area contributed by atoms with Gasteiger partial charge in [-0.15, -0.1) is 0 Å². The van der Waals surface area contributed by atoms with Crippen molar-refractivity contribution in [1.82, 2.24) is 24.1 Å². The lowest BCUT2D eigenvalue weighted by molar-refractivity contribution is -0.137. The Morgan fingerprint density at radius 2 is 2.00 bits per heavy atom. The van der Waals surface area contributed by atoms with E-state index in [-0.39, 0.29) is 33.3 Å². The fraction of sp³-hybridized carbons (Fsp3) is 0.333. The minimum absolute atomic E-state index is 0.0184. The first-order valence-corrected chi connectivity index (χ1v) is 11.7. The molecule has 1 aliphatic rings. The molecule has 4 heterocycles. The highest BCUT2D eigenvalue weighted by Gasteiger charge is 2.45. The molecule has 0 atom stereocenters. The van der Waals surface area contributed by atoms with Crippen LogP contribution in [0.5, 0.6) is 0 Å². The number of rotatable bonds is 4. The molecule has 1 aliphatic carbocycles. The summed E-state index contributed by atoms with van der Waals surface area (Å²) in [5, 5.41) is 14.0. The van der Waals surface area contributed by atoms with Gasteiger partial charge in [0.2, 0.25) is 0 Å². The first-order valence-electron chi connectivity index (χ1n) is 10.1. The monoisotopic (exact) mass is 474 g/mol. The molecule has 33 heavy (non-hydrogen) atoms. The smallest absolute Gasteiger partial charge is 0.310 e. The van der Waals surface area contributed by atoms with Gasteiger partial charge in [0, 0.05) is 19.4 Å². The number of hydrogen-bond donors (Lipinski definition) is 0. The van der Waals surface area contributed by atoms with E-state index in [1.807, 2.05) is 0 Å². The number of alkyl halides is 3. The predicted octanol–water partition coefficient (Wildman–Crippen LogP) is 3.65. The fourth-order valence-electron chi connectivity index (χ4n) is 3.94. The molecule has 0 N–H and O–H groups in total. The van der Waals surface area contributed by atoms with Crippen LogP contribution in [0.1, 0.15) is 30.9 Å². The largest absolute Gasteiger partial charge is 0.417 e. The van der Waals surface area contributed by atoms with Crippen LogP contribution in [0.3, 0.4) is 0 Å². The third kappa shape index (κ3) is 3.18. The summed E-state index contributed by atoms with van der Waals surface area (Å²) in [4.78, 5) is 8.09. The maximum absolute atomic E-state index is 13.1. The zero-order chi connectivity index (χ0) is 23.8. The maximum atomic E-state index is 13.1. The standard InChI is InChI=1S/C21H17F3N6O2S/c1-3-33(31,32)17-15-5-4-12(20(11-25)6-7-20)10-30(15)28-16(17)19-27-14-8-13(21(22,23)24)9-26-18(14)29(19)2/h4-5,8-10H,3,6-7H2,1-2H3. The molecule has 0 bridgehead atoms. The number of nitriles is 1. The van der Waals surface area contributed by atoms with Crippen molar-refractivity contribution in [1.29, 1.82) is 5.26 Å². The van der Waals surface area contributed by atoms with Gasteiger partial charge in [0.05, 0.1) is 28.3 Å². The molecule has 0 radical (unpaired) electrons. The van der Waals surface area contributed by atoms with Crippen LogP contribution in [0.25, 0.3) is 28.2 Å². The maximum Gasteiger partial charge on any atom is 0.417 e. The first-order chi connectivity index (χ1) is 15.5. The van der Waals surface area contributed by atoms with E-state index in [0.717, 1.165) is 11.6 Å². The number of halogens is 3. The summed E-state index contributed by atoms with van der Waals surface area (Å²) in [5.41, 5.74) is -0.358. The molecule has 0 aromatic carbocycles. The molecule has 0 saturated heterocycles. The van der Waals surface area contributed by atoms with Crippen LogP contribution in [-0.2, 0) is 28.5 Å². The van der Waals surface area contributed by atoms with Gasteiger partial charge < -0.3 is 4.57 Å². The minimum atomic E-state index is -4.59. The number of aryl methyl sites for hydroxylation is 1. The molecule has 0 unspecified atom stereocenters. The predicted molar refractivity (Wildman–Crippen MR) is 112 cm³/mol. The lowest BCUT2D eigenvalue weighted by Crippen LogP contribution is -2.07. The summed E-state index contributed by atoms with van der Waals surface area (Å²) in [6, 6.07) is 6.49. The van der Waals surface area contributed by atoms with Crippen molar-refractivity contribution < 1.29 is 21.6 Å². The highest BCUT2D eigenvalue weighted by atomic mass is 32.2. The van der Waals surface area contributed by atoms with Crippen LogP contribution >= 0.6 is 0 Å². The van der Waals surface area contributed by atoms with Crippen LogP contribution in [0.15, 0.2) is 35.5 Å². The van der Waals surface area contributed by atoms with Gasteiger partial charge in [-0.1, -0.05) is 13.0 Å². The molecule has 1 fully saturated rings. The number of aromatic nitrogens is 5. The summed E-state index contributed by atoms with van der Waals surface area (Å²) in [7, 11) is -2.25. The molecule has 0 amide bonds. The molecular weight excluding hydrogens is 457 g/mol. The first kappa shape index (κ1) is 21.4. The van der Waals surface area contributed by atoms with Crippen molar-refractivity contribution in [2.45, 2.75) is 36.3 Å².